The molecule has 0 amide bonds. The number of fused-ring (bicyclic) bond motifs is 1. The van der Waals surface area contributed by atoms with E-state index in [0.717, 1.165) is 18.7 Å². The molecule has 1 unspecified atom stereocenters. The Morgan fingerprint density at radius 2 is 1.95 bits per heavy atom. The molecule has 1 N–H and O–H groups in total. The lowest BCUT2D eigenvalue weighted by Gasteiger charge is -2.25. The van der Waals surface area contributed by atoms with Crippen molar-refractivity contribution in [2.45, 2.75) is 44.9 Å². The second-order valence-electron chi connectivity index (χ2n) is 6.38. The Labute approximate surface area is 132 Å². The third kappa shape index (κ3) is 4.72. The molecule has 0 aliphatic heterocycles. The van der Waals surface area contributed by atoms with Crippen LogP contribution in [0.25, 0.3) is 10.8 Å². The summed E-state index contributed by atoms with van der Waals surface area (Å²) in [5.41, 5.74) is 1.32. The van der Waals surface area contributed by atoms with Gasteiger partial charge in [0.2, 0.25) is 0 Å². The summed E-state index contributed by atoms with van der Waals surface area (Å²) in [6.07, 6.45) is 5.13. The highest BCUT2D eigenvalue weighted by Gasteiger charge is 2.18. The number of hydrogen-bond donors (Lipinski definition) is 1. The Morgan fingerprint density at radius 1 is 1.19 bits per heavy atom. The molecule has 0 fully saturated rings. The van der Waals surface area contributed by atoms with E-state index in [1.54, 1.807) is 0 Å². The van der Waals surface area contributed by atoms with Gasteiger partial charge in [0.25, 0.3) is 0 Å². The van der Waals surface area contributed by atoms with E-state index in [9.17, 15) is 0 Å². The van der Waals surface area contributed by atoms with E-state index in [1.165, 1.54) is 16.3 Å². The zero-order valence-electron chi connectivity index (χ0n) is 13.5. The number of thioether (sulfide) groups is 1. The summed E-state index contributed by atoms with van der Waals surface area (Å²) in [5, 5.41) is 6.23. The van der Waals surface area contributed by atoms with E-state index in [-0.39, 0.29) is 4.75 Å². The van der Waals surface area contributed by atoms with Gasteiger partial charge >= 0.3 is 0 Å². The van der Waals surface area contributed by atoms with Crippen molar-refractivity contribution in [1.82, 2.24) is 10.3 Å². The molecule has 0 bridgehead atoms. The number of hydrogen-bond acceptors (Lipinski definition) is 3. The van der Waals surface area contributed by atoms with Crippen LogP contribution >= 0.6 is 11.8 Å². The van der Waals surface area contributed by atoms with Gasteiger partial charge in [-0.15, -0.1) is 0 Å². The normalized spacial score (nSPS) is 13.5. The van der Waals surface area contributed by atoms with E-state index >= 15 is 0 Å². The Bertz CT molecular complexity index is 569. The Morgan fingerprint density at radius 3 is 2.67 bits per heavy atom. The molecule has 21 heavy (non-hydrogen) atoms. The highest BCUT2D eigenvalue weighted by atomic mass is 32.2. The van der Waals surface area contributed by atoms with Crippen LogP contribution < -0.4 is 5.32 Å². The molecule has 1 aromatic heterocycles. The van der Waals surface area contributed by atoms with E-state index in [4.69, 9.17) is 0 Å². The highest BCUT2D eigenvalue weighted by Crippen LogP contribution is 2.31. The maximum Gasteiger partial charge on any atom is 0.0433 e. The summed E-state index contributed by atoms with van der Waals surface area (Å²) in [4.78, 5) is 4.44. The molecular formula is C18H26N2S. The molecule has 0 aliphatic carbocycles. The van der Waals surface area contributed by atoms with Gasteiger partial charge in [-0.3, -0.25) is 4.98 Å². The number of rotatable bonds is 6. The summed E-state index contributed by atoms with van der Waals surface area (Å²) in [5.74, 6) is 1.07. The predicted molar refractivity (Wildman–Crippen MR) is 95.0 cm³/mol. The van der Waals surface area contributed by atoms with Crippen LogP contribution in [0.5, 0.6) is 0 Å². The molecule has 0 saturated carbocycles. The van der Waals surface area contributed by atoms with Gasteiger partial charge in [-0.2, -0.15) is 11.8 Å². The molecule has 1 atom stereocenters. The Kier molecular flexibility index (Phi) is 5.65. The molecule has 0 radical (unpaired) electrons. The monoisotopic (exact) mass is 302 g/mol. The Balaban J connectivity index is 2.29. The van der Waals surface area contributed by atoms with E-state index in [2.05, 4.69) is 62.3 Å². The molecule has 0 spiro atoms. The first-order chi connectivity index (χ1) is 10.0. The van der Waals surface area contributed by atoms with Crippen LogP contribution in [-0.4, -0.2) is 22.0 Å². The first kappa shape index (κ1) is 16.3. The zero-order valence-corrected chi connectivity index (χ0v) is 14.3. The maximum atomic E-state index is 4.44. The first-order valence-electron chi connectivity index (χ1n) is 7.71. The lowest BCUT2D eigenvalue weighted by Crippen LogP contribution is -2.26. The quantitative estimate of drug-likeness (QED) is 0.829. The van der Waals surface area contributed by atoms with Crippen LogP contribution in [0.1, 0.15) is 45.7 Å². The van der Waals surface area contributed by atoms with Crippen molar-refractivity contribution in [1.29, 1.82) is 0 Å². The third-order valence-electron chi connectivity index (χ3n) is 3.40. The molecular weight excluding hydrogens is 276 g/mol. The molecule has 1 aromatic carbocycles. The highest BCUT2D eigenvalue weighted by molar-refractivity contribution is 8.00. The van der Waals surface area contributed by atoms with Crippen molar-refractivity contribution < 1.29 is 0 Å². The molecule has 2 nitrogen and oxygen atoms in total. The minimum atomic E-state index is 0.282. The minimum absolute atomic E-state index is 0.282. The summed E-state index contributed by atoms with van der Waals surface area (Å²) in [7, 11) is 0. The number of nitrogens with one attached hydrogen (secondary N) is 1. The fraction of sp³-hybridized carbons (Fsp3) is 0.500. The van der Waals surface area contributed by atoms with E-state index in [0.29, 0.717) is 6.04 Å². The smallest absolute Gasteiger partial charge is 0.0433 e. The average molecular weight is 302 g/mol. The largest absolute Gasteiger partial charge is 0.309 e. The van der Waals surface area contributed by atoms with Crippen molar-refractivity contribution in [2.24, 2.45) is 0 Å². The zero-order chi connectivity index (χ0) is 15.3. The Hall–Kier alpha value is -1.06. The number of nitrogens with zero attached hydrogens (tertiary/aromatic N) is 1. The summed E-state index contributed by atoms with van der Waals surface area (Å²) < 4.78 is 0.282. The van der Waals surface area contributed by atoms with E-state index < -0.39 is 0 Å². The minimum Gasteiger partial charge on any atom is -0.309 e. The second kappa shape index (κ2) is 7.28. The summed E-state index contributed by atoms with van der Waals surface area (Å²) in [6.45, 7) is 10.1. The van der Waals surface area contributed by atoms with Crippen LogP contribution in [0.2, 0.25) is 0 Å². The lowest BCUT2D eigenvalue weighted by molar-refractivity contribution is 0.577. The van der Waals surface area contributed by atoms with Gasteiger partial charge in [-0.05, 0) is 23.9 Å². The van der Waals surface area contributed by atoms with Crippen molar-refractivity contribution >= 4 is 22.5 Å². The van der Waals surface area contributed by atoms with Crippen molar-refractivity contribution in [3.05, 3.63) is 42.2 Å². The number of aromatic nitrogens is 1. The van der Waals surface area contributed by atoms with Gasteiger partial charge < -0.3 is 5.32 Å². The standard InChI is InChI=1S/C18H26N2S/c1-5-10-20-17(13-21-18(2,3)4)16-12-19-11-14-8-6-7-9-15(14)16/h6-9,11-12,17,20H,5,10,13H2,1-4H3. The van der Waals surface area contributed by atoms with Gasteiger partial charge in [0, 0.05) is 34.3 Å². The van der Waals surface area contributed by atoms with Crippen LogP contribution in [0.15, 0.2) is 36.7 Å². The molecule has 3 heteroatoms. The number of benzene rings is 1. The van der Waals surface area contributed by atoms with Crippen LogP contribution in [0.4, 0.5) is 0 Å². The fourth-order valence-corrected chi connectivity index (χ4v) is 3.29. The SMILES string of the molecule is CCCNC(CSC(C)(C)C)c1cncc2ccccc12. The third-order valence-corrected chi connectivity index (χ3v) is 4.76. The van der Waals surface area contributed by atoms with Gasteiger partial charge in [0.05, 0.1) is 0 Å². The molecule has 0 aliphatic rings. The molecule has 1 heterocycles. The molecule has 0 saturated heterocycles. The van der Waals surface area contributed by atoms with Gasteiger partial charge in [0.15, 0.2) is 0 Å². The average Bonchev–Trinajstić information content (AvgIpc) is 2.46. The van der Waals surface area contributed by atoms with Crippen LogP contribution in [0.3, 0.4) is 0 Å². The summed E-state index contributed by atoms with van der Waals surface area (Å²) in [6, 6.07) is 8.88. The van der Waals surface area contributed by atoms with Crippen LogP contribution in [-0.2, 0) is 0 Å². The van der Waals surface area contributed by atoms with Crippen molar-refractivity contribution in [3.8, 4) is 0 Å². The van der Waals surface area contributed by atoms with Gasteiger partial charge in [-0.1, -0.05) is 52.0 Å². The number of pyridine rings is 1. The van der Waals surface area contributed by atoms with Gasteiger partial charge in [0.1, 0.15) is 0 Å². The maximum absolute atomic E-state index is 4.44. The van der Waals surface area contributed by atoms with Gasteiger partial charge in [-0.25, -0.2) is 0 Å². The predicted octanol–water partition coefficient (Wildman–Crippen LogP) is 4.81. The molecule has 2 rings (SSSR count). The van der Waals surface area contributed by atoms with E-state index in [1.807, 2.05) is 24.2 Å². The topological polar surface area (TPSA) is 24.9 Å². The van der Waals surface area contributed by atoms with Crippen molar-refractivity contribution in [3.63, 3.8) is 0 Å². The van der Waals surface area contributed by atoms with Crippen molar-refractivity contribution in [2.75, 3.05) is 12.3 Å². The lowest BCUT2D eigenvalue weighted by atomic mass is 10.0. The fourth-order valence-electron chi connectivity index (χ4n) is 2.33. The first-order valence-corrected chi connectivity index (χ1v) is 8.70. The second-order valence-corrected chi connectivity index (χ2v) is 8.23. The summed E-state index contributed by atoms with van der Waals surface area (Å²) >= 11 is 2.01. The van der Waals surface area contributed by atoms with Crippen LogP contribution in [0, 0.1) is 0 Å². The molecule has 2 aromatic rings. The molecule has 114 valence electrons.